The minimum Gasteiger partial charge on any atom is -0.396 e. The summed E-state index contributed by atoms with van der Waals surface area (Å²) >= 11 is 0. The molecule has 1 fully saturated rings. The van der Waals surface area contributed by atoms with Crippen LogP contribution in [-0.4, -0.2) is 41.7 Å². The summed E-state index contributed by atoms with van der Waals surface area (Å²) in [5, 5.41) is 8.68. The number of carbonyl (C=O) groups is 1. The number of carbonyl (C=O) groups excluding carboxylic acids is 1. The molecule has 0 heterocycles. The van der Waals surface area contributed by atoms with Crippen molar-refractivity contribution < 1.29 is 9.90 Å². The molecule has 13 heavy (non-hydrogen) atoms. The summed E-state index contributed by atoms with van der Waals surface area (Å²) in [6, 6.07) is 0.527. The predicted octanol–water partition coefficient (Wildman–Crippen LogP) is -0.291. The molecule has 0 aromatic carbocycles. The molecule has 1 aliphatic rings. The van der Waals surface area contributed by atoms with Gasteiger partial charge in [0.05, 0.1) is 6.54 Å². The Morgan fingerprint density at radius 3 is 2.62 bits per heavy atom. The van der Waals surface area contributed by atoms with E-state index < -0.39 is 0 Å². The molecule has 1 saturated carbocycles. The summed E-state index contributed by atoms with van der Waals surface area (Å²) in [7, 11) is 0. The zero-order valence-corrected chi connectivity index (χ0v) is 7.91. The van der Waals surface area contributed by atoms with Crippen molar-refractivity contribution in [2.24, 2.45) is 5.73 Å². The predicted molar refractivity (Wildman–Crippen MR) is 50.1 cm³/mol. The molecule has 0 aliphatic heterocycles. The van der Waals surface area contributed by atoms with Gasteiger partial charge in [0.15, 0.2) is 0 Å². The number of nitrogens with two attached hydrogens (primary N) is 1. The van der Waals surface area contributed by atoms with Gasteiger partial charge in [-0.2, -0.15) is 0 Å². The number of hydrogen-bond acceptors (Lipinski definition) is 3. The molecule has 0 atom stereocenters. The zero-order chi connectivity index (χ0) is 9.68. The highest BCUT2D eigenvalue weighted by Gasteiger charge is 2.25. The van der Waals surface area contributed by atoms with Crippen LogP contribution in [0, 0.1) is 0 Å². The highest BCUT2D eigenvalue weighted by molar-refractivity contribution is 5.75. The van der Waals surface area contributed by atoms with E-state index in [4.69, 9.17) is 10.8 Å². The maximum Gasteiger partial charge on any atom is 0.231 e. The van der Waals surface area contributed by atoms with Crippen LogP contribution in [0.2, 0.25) is 0 Å². The van der Waals surface area contributed by atoms with Gasteiger partial charge in [0.1, 0.15) is 0 Å². The van der Waals surface area contributed by atoms with E-state index >= 15 is 0 Å². The molecular formula is C9H18N2O2. The Morgan fingerprint density at radius 1 is 1.54 bits per heavy atom. The number of primary amides is 1. The molecule has 0 saturated heterocycles. The molecule has 1 amide bonds. The second kappa shape index (κ2) is 5.19. The Morgan fingerprint density at radius 2 is 2.23 bits per heavy atom. The molecule has 1 aliphatic carbocycles. The molecule has 0 radical (unpaired) electrons. The van der Waals surface area contributed by atoms with Gasteiger partial charge in [-0.1, -0.05) is 6.42 Å². The maximum absolute atomic E-state index is 10.7. The summed E-state index contributed by atoms with van der Waals surface area (Å²) in [5.41, 5.74) is 5.14. The third kappa shape index (κ3) is 3.32. The van der Waals surface area contributed by atoms with Gasteiger partial charge in [-0.15, -0.1) is 0 Å². The van der Waals surface area contributed by atoms with Gasteiger partial charge in [0, 0.05) is 19.2 Å². The second-order valence-corrected chi connectivity index (χ2v) is 3.60. The highest BCUT2D eigenvalue weighted by atomic mass is 16.3. The van der Waals surface area contributed by atoms with Crippen molar-refractivity contribution >= 4 is 5.91 Å². The number of nitrogens with zero attached hydrogens (tertiary/aromatic N) is 1. The lowest BCUT2D eigenvalue weighted by atomic mass is 9.91. The Labute approximate surface area is 78.7 Å². The van der Waals surface area contributed by atoms with Crippen LogP contribution in [0.3, 0.4) is 0 Å². The minimum absolute atomic E-state index is 0.183. The number of amides is 1. The lowest BCUT2D eigenvalue weighted by Crippen LogP contribution is -2.45. The largest absolute Gasteiger partial charge is 0.396 e. The van der Waals surface area contributed by atoms with Crippen molar-refractivity contribution in [3.8, 4) is 0 Å². The fourth-order valence-corrected chi connectivity index (χ4v) is 1.62. The van der Waals surface area contributed by atoms with E-state index in [9.17, 15) is 4.79 Å². The lowest BCUT2D eigenvalue weighted by molar-refractivity contribution is -0.120. The normalized spacial score (nSPS) is 17.4. The topological polar surface area (TPSA) is 66.6 Å². The van der Waals surface area contributed by atoms with Gasteiger partial charge in [0.2, 0.25) is 5.91 Å². The Kier molecular flexibility index (Phi) is 4.18. The Balaban J connectivity index is 2.28. The molecule has 76 valence electrons. The first kappa shape index (κ1) is 10.5. The van der Waals surface area contributed by atoms with E-state index in [0.717, 1.165) is 13.0 Å². The smallest absolute Gasteiger partial charge is 0.231 e. The highest BCUT2D eigenvalue weighted by Crippen LogP contribution is 2.24. The van der Waals surface area contributed by atoms with Crippen LogP contribution in [-0.2, 0) is 4.79 Å². The van der Waals surface area contributed by atoms with Gasteiger partial charge >= 0.3 is 0 Å². The molecule has 4 nitrogen and oxygen atoms in total. The van der Waals surface area contributed by atoms with Crippen LogP contribution in [0.1, 0.15) is 25.7 Å². The number of rotatable bonds is 6. The molecular weight excluding hydrogens is 168 g/mol. The first-order chi connectivity index (χ1) is 6.24. The van der Waals surface area contributed by atoms with Crippen molar-refractivity contribution in [2.75, 3.05) is 19.7 Å². The summed E-state index contributed by atoms with van der Waals surface area (Å²) in [4.78, 5) is 12.8. The molecule has 0 aromatic heterocycles. The summed E-state index contributed by atoms with van der Waals surface area (Å²) in [6.07, 6.45) is 4.31. The monoisotopic (exact) mass is 186 g/mol. The van der Waals surface area contributed by atoms with Crippen molar-refractivity contribution in [3.63, 3.8) is 0 Å². The number of hydrogen-bond donors (Lipinski definition) is 2. The molecule has 4 heteroatoms. The fraction of sp³-hybridized carbons (Fsp3) is 0.889. The van der Waals surface area contributed by atoms with E-state index in [2.05, 4.69) is 4.90 Å². The third-order valence-electron chi connectivity index (χ3n) is 2.55. The summed E-state index contributed by atoms with van der Waals surface area (Å²) in [5.74, 6) is -0.273. The van der Waals surface area contributed by atoms with Crippen LogP contribution >= 0.6 is 0 Å². The van der Waals surface area contributed by atoms with Crippen LogP contribution in [0.5, 0.6) is 0 Å². The average Bonchev–Trinajstić information content (AvgIpc) is 1.95. The zero-order valence-electron chi connectivity index (χ0n) is 7.91. The van der Waals surface area contributed by atoms with E-state index in [-0.39, 0.29) is 12.5 Å². The fourth-order valence-electron chi connectivity index (χ4n) is 1.62. The maximum atomic E-state index is 10.7. The van der Waals surface area contributed by atoms with E-state index in [1.165, 1.54) is 19.3 Å². The van der Waals surface area contributed by atoms with Crippen LogP contribution < -0.4 is 5.73 Å². The first-order valence-corrected chi connectivity index (χ1v) is 4.87. The van der Waals surface area contributed by atoms with Crippen molar-refractivity contribution in [2.45, 2.75) is 31.7 Å². The van der Waals surface area contributed by atoms with Gasteiger partial charge in [-0.3, -0.25) is 9.69 Å². The van der Waals surface area contributed by atoms with Crippen LogP contribution in [0.4, 0.5) is 0 Å². The standard InChI is InChI=1S/C9H18N2O2/c10-9(13)7-11(5-2-6-12)8-3-1-4-8/h8,12H,1-7H2,(H2,10,13). The third-order valence-corrected chi connectivity index (χ3v) is 2.55. The molecule has 3 N–H and O–H groups in total. The van der Waals surface area contributed by atoms with Crippen molar-refractivity contribution in [1.29, 1.82) is 0 Å². The number of aliphatic hydroxyl groups excluding tert-OH is 1. The van der Waals surface area contributed by atoms with Crippen LogP contribution in [0.25, 0.3) is 0 Å². The molecule has 0 spiro atoms. The second-order valence-electron chi connectivity index (χ2n) is 3.60. The van der Waals surface area contributed by atoms with Gasteiger partial charge in [-0.25, -0.2) is 0 Å². The molecule has 0 bridgehead atoms. The quantitative estimate of drug-likeness (QED) is 0.599. The van der Waals surface area contributed by atoms with E-state index in [1.807, 2.05) is 0 Å². The van der Waals surface area contributed by atoms with Crippen molar-refractivity contribution in [1.82, 2.24) is 4.90 Å². The first-order valence-electron chi connectivity index (χ1n) is 4.87. The Hall–Kier alpha value is -0.610. The molecule has 0 unspecified atom stereocenters. The summed E-state index contributed by atoms with van der Waals surface area (Å²) in [6.45, 7) is 1.30. The lowest BCUT2D eigenvalue weighted by Gasteiger charge is -2.36. The van der Waals surface area contributed by atoms with Crippen LogP contribution in [0.15, 0.2) is 0 Å². The van der Waals surface area contributed by atoms with Gasteiger partial charge in [-0.05, 0) is 19.3 Å². The van der Waals surface area contributed by atoms with Crippen molar-refractivity contribution in [3.05, 3.63) is 0 Å². The SMILES string of the molecule is NC(=O)CN(CCCO)C1CCC1. The summed E-state index contributed by atoms with van der Waals surface area (Å²) < 4.78 is 0. The van der Waals surface area contributed by atoms with Gasteiger partial charge in [0.25, 0.3) is 0 Å². The Bertz CT molecular complexity index is 169. The van der Waals surface area contributed by atoms with E-state index in [0.29, 0.717) is 12.6 Å². The van der Waals surface area contributed by atoms with Gasteiger partial charge < -0.3 is 10.8 Å². The average molecular weight is 186 g/mol. The van der Waals surface area contributed by atoms with E-state index in [1.54, 1.807) is 0 Å². The molecule has 1 rings (SSSR count). The number of aliphatic hydroxyl groups is 1. The molecule has 0 aromatic rings. The minimum atomic E-state index is -0.273.